The van der Waals surface area contributed by atoms with Gasteiger partial charge in [-0.2, -0.15) is 0 Å². The highest BCUT2D eigenvalue weighted by molar-refractivity contribution is 4.84. The molecule has 1 saturated carbocycles. The van der Waals surface area contributed by atoms with Gasteiger partial charge in [0, 0.05) is 20.1 Å². The van der Waals surface area contributed by atoms with Crippen molar-refractivity contribution in [2.75, 3.05) is 14.2 Å². The minimum absolute atomic E-state index is 0.0417. The molecule has 9 heavy (non-hydrogen) atoms. The number of rotatable bonds is 3. The summed E-state index contributed by atoms with van der Waals surface area (Å²) in [5.74, 6) is 1.45. The molecule has 0 radical (unpaired) electrons. The third kappa shape index (κ3) is 1.43. The van der Waals surface area contributed by atoms with Crippen LogP contribution in [0.5, 0.6) is 0 Å². The van der Waals surface area contributed by atoms with Crippen LogP contribution in [0, 0.1) is 11.8 Å². The summed E-state index contributed by atoms with van der Waals surface area (Å²) in [7, 11) is 3.39. The standard InChI is InChI=1S/C7H14O2/c1-5-4-6(5)7(8-2)9-3/h5-7H,4H2,1-3H3. The van der Waals surface area contributed by atoms with Gasteiger partial charge in [0.2, 0.25) is 0 Å². The summed E-state index contributed by atoms with van der Waals surface area (Å²) in [6.07, 6.45) is 1.30. The van der Waals surface area contributed by atoms with Crippen molar-refractivity contribution in [3.63, 3.8) is 0 Å². The van der Waals surface area contributed by atoms with Crippen LogP contribution in [0.25, 0.3) is 0 Å². The van der Waals surface area contributed by atoms with Crippen molar-refractivity contribution in [2.24, 2.45) is 11.8 Å². The predicted molar refractivity (Wildman–Crippen MR) is 35.1 cm³/mol. The van der Waals surface area contributed by atoms with Crippen molar-refractivity contribution in [3.8, 4) is 0 Å². The van der Waals surface area contributed by atoms with Crippen molar-refractivity contribution in [1.82, 2.24) is 0 Å². The highest BCUT2D eigenvalue weighted by atomic mass is 16.7. The molecule has 0 bridgehead atoms. The minimum Gasteiger partial charge on any atom is -0.356 e. The maximum absolute atomic E-state index is 5.07. The molecule has 1 aliphatic carbocycles. The second-order valence-corrected chi connectivity index (χ2v) is 2.72. The van der Waals surface area contributed by atoms with E-state index in [-0.39, 0.29) is 6.29 Å². The summed E-state index contributed by atoms with van der Waals surface area (Å²) in [5, 5.41) is 0. The Morgan fingerprint density at radius 2 is 1.78 bits per heavy atom. The molecule has 1 aliphatic rings. The lowest BCUT2D eigenvalue weighted by Gasteiger charge is -2.11. The van der Waals surface area contributed by atoms with Gasteiger partial charge in [-0.3, -0.25) is 0 Å². The summed E-state index contributed by atoms with van der Waals surface area (Å²) in [6, 6.07) is 0. The van der Waals surface area contributed by atoms with E-state index in [0.29, 0.717) is 5.92 Å². The summed E-state index contributed by atoms with van der Waals surface area (Å²) in [6.45, 7) is 2.22. The van der Waals surface area contributed by atoms with E-state index in [1.54, 1.807) is 14.2 Å². The molecule has 0 heterocycles. The molecule has 1 fully saturated rings. The van der Waals surface area contributed by atoms with Crippen LogP contribution in [0.1, 0.15) is 13.3 Å². The Kier molecular flexibility index (Phi) is 2.09. The van der Waals surface area contributed by atoms with Gasteiger partial charge in [0.1, 0.15) is 0 Å². The Morgan fingerprint density at radius 3 is 1.89 bits per heavy atom. The average molecular weight is 130 g/mol. The van der Waals surface area contributed by atoms with Crippen LogP contribution in [0.2, 0.25) is 0 Å². The second kappa shape index (κ2) is 2.67. The van der Waals surface area contributed by atoms with E-state index in [0.717, 1.165) is 5.92 Å². The van der Waals surface area contributed by atoms with E-state index < -0.39 is 0 Å². The molecule has 2 unspecified atom stereocenters. The first-order chi connectivity index (χ1) is 4.29. The highest BCUT2D eigenvalue weighted by Gasteiger charge is 2.39. The minimum atomic E-state index is 0.0417. The third-order valence-electron chi connectivity index (χ3n) is 1.99. The molecule has 2 nitrogen and oxygen atoms in total. The Hall–Kier alpha value is -0.0800. The highest BCUT2D eigenvalue weighted by Crippen LogP contribution is 2.41. The van der Waals surface area contributed by atoms with Gasteiger partial charge in [-0.25, -0.2) is 0 Å². The van der Waals surface area contributed by atoms with Crippen LogP contribution in [-0.2, 0) is 9.47 Å². The Morgan fingerprint density at radius 1 is 1.33 bits per heavy atom. The van der Waals surface area contributed by atoms with Crippen molar-refractivity contribution in [1.29, 1.82) is 0 Å². The van der Waals surface area contributed by atoms with E-state index in [9.17, 15) is 0 Å². The maximum atomic E-state index is 5.07. The first-order valence-electron chi connectivity index (χ1n) is 3.35. The van der Waals surface area contributed by atoms with Gasteiger partial charge in [0.05, 0.1) is 0 Å². The van der Waals surface area contributed by atoms with Crippen LogP contribution >= 0.6 is 0 Å². The Labute approximate surface area is 56.2 Å². The molecule has 0 spiro atoms. The smallest absolute Gasteiger partial charge is 0.159 e. The molecule has 2 atom stereocenters. The molecule has 0 aromatic heterocycles. The van der Waals surface area contributed by atoms with Crippen LogP contribution < -0.4 is 0 Å². The largest absolute Gasteiger partial charge is 0.356 e. The van der Waals surface area contributed by atoms with Crippen molar-refractivity contribution < 1.29 is 9.47 Å². The zero-order valence-corrected chi connectivity index (χ0v) is 6.26. The molecule has 54 valence electrons. The van der Waals surface area contributed by atoms with Gasteiger partial charge in [0.15, 0.2) is 6.29 Å². The second-order valence-electron chi connectivity index (χ2n) is 2.72. The van der Waals surface area contributed by atoms with Crippen LogP contribution in [0.4, 0.5) is 0 Å². The molecule has 0 amide bonds. The monoisotopic (exact) mass is 130 g/mol. The summed E-state index contributed by atoms with van der Waals surface area (Å²) >= 11 is 0. The molecule has 0 aliphatic heterocycles. The number of ether oxygens (including phenoxy) is 2. The third-order valence-corrected chi connectivity index (χ3v) is 1.99. The topological polar surface area (TPSA) is 18.5 Å². The van der Waals surface area contributed by atoms with Crippen LogP contribution in [0.3, 0.4) is 0 Å². The summed E-state index contributed by atoms with van der Waals surface area (Å²) < 4.78 is 10.1. The van der Waals surface area contributed by atoms with Crippen molar-refractivity contribution in [3.05, 3.63) is 0 Å². The van der Waals surface area contributed by atoms with E-state index >= 15 is 0 Å². The number of hydrogen-bond acceptors (Lipinski definition) is 2. The van der Waals surface area contributed by atoms with E-state index in [4.69, 9.17) is 9.47 Å². The van der Waals surface area contributed by atoms with E-state index in [1.807, 2.05) is 0 Å². The number of methoxy groups -OCH3 is 2. The fraction of sp³-hybridized carbons (Fsp3) is 1.00. The molecule has 1 rings (SSSR count). The quantitative estimate of drug-likeness (QED) is 0.535. The fourth-order valence-corrected chi connectivity index (χ4v) is 1.18. The lowest BCUT2D eigenvalue weighted by Crippen LogP contribution is -2.15. The average Bonchev–Trinajstić information content (AvgIpc) is 2.51. The summed E-state index contributed by atoms with van der Waals surface area (Å²) in [4.78, 5) is 0. The molecular weight excluding hydrogens is 116 g/mol. The van der Waals surface area contributed by atoms with Gasteiger partial charge < -0.3 is 9.47 Å². The molecule has 0 aromatic carbocycles. The van der Waals surface area contributed by atoms with E-state index in [1.165, 1.54) is 6.42 Å². The zero-order chi connectivity index (χ0) is 6.85. The molecule has 0 N–H and O–H groups in total. The van der Waals surface area contributed by atoms with Gasteiger partial charge in [-0.05, 0) is 12.3 Å². The molecule has 0 saturated heterocycles. The fourth-order valence-electron chi connectivity index (χ4n) is 1.18. The summed E-state index contributed by atoms with van der Waals surface area (Å²) in [5.41, 5.74) is 0. The van der Waals surface area contributed by atoms with Crippen LogP contribution in [0.15, 0.2) is 0 Å². The molecule has 2 heteroatoms. The van der Waals surface area contributed by atoms with Gasteiger partial charge >= 0.3 is 0 Å². The predicted octanol–water partition coefficient (Wildman–Crippen LogP) is 1.26. The Balaban J connectivity index is 2.23. The van der Waals surface area contributed by atoms with E-state index in [2.05, 4.69) is 6.92 Å². The van der Waals surface area contributed by atoms with Crippen molar-refractivity contribution >= 4 is 0 Å². The van der Waals surface area contributed by atoms with Gasteiger partial charge in [0.25, 0.3) is 0 Å². The zero-order valence-electron chi connectivity index (χ0n) is 6.26. The SMILES string of the molecule is COC(OC)C1CC1C. The van der Waals surface area contributed by atoms with Gasteiger partial charge in [-0.15, -0.1) is 0 Å². The molecule has 0 aromatic rings. The van der Waals surface area contributed by atoms with Crippen molar-refractivity contribution in [2.45, 2.75) is 19.6 Å². The number of hydrogen-bond donors (Lipinski definition) is 0. The first-order valence-corrected chi connectivity index (χ1v) is 3.35. The normalized spacial score (nSPS) is 33.3. The van der Waals surface area contributed by atoms with Gasteiger partial charge in [-0.1, -0.05) is 6.92 Å². The maximum Gasteiger partial charge on any atom is 0.159 e. The molecular formula is C7H14O2. The van der Waals surface area contributed by atoms with Crippen LogP contribution in [-0.4, -0.2) is 20.5 Å². The first kappa shape index (κ1) is 7.03. The Bertz CT molecular complexity index is 88.9. The lowest BCUT2D eigenvalue weighted by molar-refractivity contribution is -0.118. The lowest BCUT2D eigenvalue weighted by atomic mass is 10.3.